The Morgan fingerprint density at radius 3 is 2.55 bits per heavy atom. The van der Waals surface area contributed by atoms with E-state index >= 15 is 0 Å². The van der Waals surface area contributed by atoms with Gasteiger partial charge in [0, 0.05) is 25.2 Å². The van der Waals surface area contributed by atoms with Crippen LogP contribution in [0.25, 0.3) is 0 Å². The third-order valence-electron chi connectivity index (χ3n) is 2.50. The number of ether oxygens (including phenoxy) is 1. The Kier molecular flexibility index (Phi) is 2.90. The van der Waals surface area contributed by atoms with Gasteiger partial charge in [0.15, 0.2) is 0 Å². The van der Waals surface area contributed by atoms with Gasteiger partial charge < -0.3 is 4.74 Å². The summed E-state index contributed by atoms with van der Waals surface area (Å²) in [5.74, 6) is 0. The fraction of sp³-hybridized carbons (Fsp3) is 1.00. The fourth-order valence-corrected chi connectivity index (χ4v) is 2.14. The smallest absolute Gasteiger partial charge is 0.0618 e. The van der Waals surface area contributed by atoms with Crippen molar-refractivity contribution in [3.05, 3.63) is 0 Å². The van der Waals surface area contributed by atoms with Crippen LogP contribution in [-0.4, -0.2) is 36.7 Å². The summed E-state index contributed by atoms with van der Waals surface area (Å²) < 4.78 is 5.13. The van der Waals surface area contributed by atoms with Crippen molar-refractivity contribution in [1.82, 2.24) is 4.90 Å². The molecular formula is C9H19NO. The van der Waals surface area contributed by atoms with Gasteiger partial charge in [0.05, 0.1) is 6.61 Å². The molecule has 0 N–H and O–H groups in total. The summed E-state index contributed by atoms with van der Waals surface area (Å²) in [6.07, 6.45) is 1.30. The van der Waals surface area contributed by atoms with Crippen LogP contribution in [0.5, 0.6) is 0 Å². The van der Waals surface area contributed by atoms with E-state index in [4.69, 9.17) is 4.74 Å². The highest BCUT2D eigenvalue weighted by atomic mass is 16.5. The van der Waals surface area contributed by atoms with E-state index in [1.54, 1.807) is 7.11 Å². The normalized spacial score (nSPS) is 32.5. The van der Waals surface area contributed by atoms with Gasteiger partial charge in [-0.3, -0.25) is 4.90 Å². The molecule has 1 fully saturated rings. The maximum absolute atomic E-state index is 5.13. The molecule has 2 heteroatoms. The Hall–Kier alpha value is -0.0800. The zero-order chi connectivity index (χ0) is 8.43. The lowest BCUT2D eigenvalue weighted by atomic mass is 9.93. The number of nitrogens with zero attached hydrogens (tertiary/aromatic N) is 1. The lowest BCUT2D eigenvalue weighted by Crippen LogP contribution is -2.59. The fourth-order valence-electron chi connectivity index (χ4n) is 2.14. The molecule has 0 amide bonds. The molecule has 11 heavy (non-hydrogen) atoms. The van der Waals surface area contributed by atoms with E-state index in [2.05, 4.69) is 25.7 Å². The topological polar surface area (TPSA) is 12.5 Å². The van der Waals surface area contributed by atoms with Crippen molar-refractivity contribution in [2.24, 2.45) is 0 Å². The molecule has 2 nitrogen and oxygen atoms in total. The van der Waals surface area contributed by atoms with E-state index in [0.717, 1.165) is 12.6 Å². The van der Waals surface area contributed by atoms with Crippen LogP contribution >= 0.6 is 0 Å². The molecule has 0 saturated carbocycles. The van der Waals surface area contributed by atoms with E-state index in [1.807, 2.05) is 0 Å². The molecule has 66 valence electrons. The number of rotatable bonds is 3. The van der Waals surface area contributed by atoms with Crippen LogP contribution in [0.1, 0.15) is 27.2 Å². The Labute approximate surface area is 69.5 Å². The maximum Gasteiger partial charge on any atom is 0.0618 e. The largest absolute Gasteiger partial charge is 0.383 e. The second-order valence-corrected chi connectivity index (χ2v) is 3.73. The SMILES string of the molecule is COC[C@H]1CC(C)N1C(C)C. The van der Waals surface area contributed by atoms with Crippen LogP contribution in [-0.2, 0) is 4.74 Å². The van der Waals surface area contributed by atoms with Crippen LogP contribution in [0, 0.1) is 0 Å². The first-order chi connectivity index (χ1) is 5.16. The minimum absolute atomic E-state index is 0.666. The van der Waals surface area contributed by atoms with Gasteiger partial charge in [-0.25, -0.2) is 0 Å². The summed E-state index contributed by atoms with van der Waals surface area (Å²) in [4.78, 5) is 2.52. The number of methoxy groups -OCH3 is 1. The van der Waals surface area contributed by atoms with E-state index in [-0.39, 0.29) is 0 Å². The molecule has 0 bridgehead atoms. The molecule has 1 unspecified atom stereocenters. The maximum atomic E-state index is 5.13. The van der Waals surface area contributed by atoms with Gasteiger partial charge in [-0.05, 0) is 27.2 Å². The zero-order valence-electron chi connectivity index (χ0n) is 8.00. The average molecular weight is 157 g/mol. The summed E-state index contributed by atoms with van der Waals surface area (Å²) in [7, 11) is 1.78. The Balaban J connectivity index is 2.35. The monoisotopic (exact) mass is 157 g/mol. The Bertz CT molecular complexity index is 118. The second kappa shape index (κ2) is 3.55. The summed E-state index contributed by atoms with van der Waals surface area (Å²) in [6.45, 7) is 7.67. The Morgan fingerprint density at radius 1 is 1.55 bits per heavy atom. The van der Waals surface area contributed by atoms with Gasteiger partial charge in [0.2, 0.25) is 0 Å². The van der Waals surface area contributed by atoms with Crippen molar-refractivity contribution >= 4 is 0 Å². The van der Waals surface area contributed by atoms with Gasteiger partial charge >= 0.3 is 0 Å². The quantitative estimate of drug-likeness (QED) is 0.615. The Morgan fingerprint density at radius 2 is 2.18 bits per heavy atom. The predicted octanol–water partition coefficient (Wildman–Crippen LogP) is 1.50. The third-order valence-corrected chi connectivity index (χ3v) is 2.50. The van der Waals surface area contributed by atoms with Gasteiger partial charge in [0.25, 0.3) is 0 Å². The molecule has 0 aromatic carbocycles. The van der Waals surface area contributed by atoms with Crippen LogP contribution in [0.4, 0.5) is 0 Å². The molecule has 1 heterocycles. The van der Waals surface area contributed by atoms with Crippen LogP contribution in [0.3, 0.4) is 0 Å². The minimum atomic E-state index is 0.666. The van der Waals surface area contributed by atoms with E-state index < -0.39 is 0 Å². The molecule has 0 aromatic rings. The second-order valence-electron chi connectivity index (χ2n) is 3.73. The van der Waals surface area contributed by atoms with Gasteiger partial charge in [-0.2, -0.15) is 0 Å². The highest BCUT2D eigenvalue weighted by Gasteiger charge is 2.36. The van der Waals surface area contributed by atoms with Gasteiger partial charge in [-0.15, -0.1) is 0 Å². The average Bonchev–Trinajstić information content (AvgIpc) is 1.85. The number of likely N-dealkylation sites (tertiary alicyclic amines) is 1. The summed E-state index contributed by atoms with van der Waals surface area (Å²) >= 11 is 0. The number of hydrogen-bond donors (Lipinski definition) is 0. The van der Waals surface area contributed by atoms with Gasteiger partial charge in [-0.1, -0.05) is 0 Å². The molecule has 1 rings (SSSR count). The molecule has 1 aliphatic rings. The summed E-state index contributed by atoms with van der Waals surface area (Å²) in [5, 5.41) is 0. The molecule has 0 spiro atoms. The summed E-state index contributed by atoms with van der Waals surface area (Å²) in [5.41, 5.74) is 0. The lowest BCUT2D eigenvalue weighted by Gasteiger charge is -2.49. The van der Waals surface area contributed by atoms with E-state index in [1.165, 1.54) is 6.42 Å². The van der Waals surface area contributed by atoms with Crippen LogP contribution < -0.4 is 0 Å². The molecule has 1 saturated heterocycles. The minimum Gasteiger partial charge on any atom is -0.383 e. The molecule has 2 atom stereocenters. The van der Waals surface area contributed by atoms with Crippen LogP contribution in [0.2, 0.25) is 0 Å². The lowest BCUT2D eigenvalue weighted by molar-refractivity contribution is -0.0418. The molecular weight excluding hydrogens is 138 g/mol. The van der Waals surface area contributed by atoms with Crippen molar-refractivity contribution in [2.75, 3.05) is 13.7 Å². The van der Waals surface area contributed by atoms with Crippen molar-refractivity contribution < 1.29 is 4.74 Å². The number of hydrogen-bond acceptors (Lipinski definition) is 2. The van der Waals surface area contributed by atoms with Gasteiger partial charge in [0.1, 0.15) is 0 Å². The van der Waals surface area contributed by atoms with Crippen molar-refractivity contribution in [3.63, 3.8) is 0 Å². The first kappa shape index (κ1) is 9.01. The molecule has 1 aliphatic heterocycles. The van der Waals surface area contributed by atoms with Crippen molar-refractivity contribution in [3.8, 4) is 0 Å². The predicted molar refractivity (Wildman–Crippen MR) is 46.7 cm³/mol. The van der Waals surface area contributed by atoms with E-state index in [0.29, 0.717) is 12.1 Å². The van der Waals surface area contributed by atoms with Crippen molar-refractivity contribution in [1.29, 1.82) is 0 Å². The van der Waals surface area contributed by atoms with E-state index in [9.17, 15) is 0 Å². The zero-order valence-corrected chi connectivity index (χ0v) is 8.00. The van der Waals surface area contributed by atoms with Crippen molar-refractivity contribution in [2.45, 2.75) is 45.3 Å². The molecule has 0 radical (unpaired) electrons. The first-order valence-corrected chi connectivity index (χ1v) is 4.43. The standard InChI is InChI=1S/C9H19NO/c1-7(2)10-8(3)5-9(10)6-11-4/h7-9H,5-6H2,1-4H3/t8?,9-/m1/s1. The molecule has 0 aliphatic carbocycles. The first-order valence-electron chi connectivity index (χ1n) is 4.43. The highest BCUT2D eigenvalue weighted by Crippen LogP contribution is 2.27. The summed E-state index contributed by atoms with van der Waals surface area (Å²) in [6, 6.07) is 2.10. The van der Waals surface area contributed by atoms with Crippen LogP contribution in [0.15, 0.2) is 0 Å². The third kappa shape index (κ3) is 1.74. The molecule has 0 aromatic heterocycles. The highest BCUT2D eigenvalue weighted by molar-refractivity contribution is 4.91.